The van der Waals surface area contributed by atoms with E-state index in [2.05, 4.69) is 0 Å². The number of nitrogens with zero attached hydrogens (tertiary/aromatic N) is 1. The number of Topliss-reactive ketones (excluding diaryl/α,β-unsaturated/α-hetero) is 1. The Kier molecular flexibility index (Phi) is 4.81. The number of nitrogens with two attached hydrogens (primary N) is 1. The molecule has 1 saturated heterocycles. The predicted octanol–water partition coefficient (Wildman–Crippen LogP) is 2.33. The van der Waals surface area contributed by atoms with Gasteiger partial charge in [0.1, 0.15) is 5.58 Å². The lowest BCUT2D eigenvalue weighted by Gasteiger charge is -2.26. The first kappa shape index (κ1) is 19.1. The number of likely N-dealkylation sites (tertiary alicyclic amines) is 1. The minimum atomic E-state index is -5.08. The third kappa shape index (κ3) is 3.34. The Bertz CT molecular complexity index is 965. The van der Waals surface area contributed by atoms with E-state index in [9.17, 15) is 27.6 Å². The number of halogens is 3. The molecule has 1 aromatic carbocycles. The maximum absolute atomic E-state index is 13.6. The third-order valence-corrected chi connectivity index (χ3v) is 4.57. The van der Waals surface area contributed by atoms with Gasteiger partial charge in [0, 0.05) is 11.9 Å². The predicted molar refractivity (Wildman–Crippen MR) is 90.2 cm³/mol. The summed E-state index contributed by atoms with van der Waals surface area (Å²) in [6.45, 7) is 1.66. The van der Waals surface area contributed by atoms with E-state index in [4.69, 9.17) is 10.2 Å². The smallest absolute Gasteiger partial charge is 0.422 e. The van der Waals surface area contributed by atoms with E-state index in [1.165, 1.54) is 36.1 Å². The molecule has 1 fully saturated rings. The van der Waals surface area contributed by atoms with Gasteiger partial charge in [-0.2, -0.15) is 13.2 Å². The molecule has 2 atom stereocenters. The fourth-order valence-corrected chi connectivity index (χ4v) is 3.39. The topological polar surface area (TPSA) is 93.6 Å². The molecule has 144 valence electrons. The quantitative estimate of drug-likeness (QED) is 0.650. The summed E-state index contributed by atoms with van der Waals surface area (Å²) in [7, 11) is 0. The summed E-state index contributed by atoms with van der Waals surface area (Å²) in [6, 6.07) is 3.53. The van der Waals surface area contributed by atoms with Crippen molar-refractivity contribution in [3.63, 3.8) is 0 Å². The number of alkyl halides is 3. The van der Waals surface area contributed by atoms with Crippen molar-refractivity contribution in [1.29, 1.82) is 0 Å². The molecule has 27 heavy (non-hydrogen) atoms. The molecular formula is C18H17F3N2O4. The van der Waals surface area contributed by atoms with E-state index in [1.54, 1.807) is 0 Å². The van der Waals surface area contributed by atoms with Gasteiger partial charge in [-0.1, -0.05) is 18.2 Å². The SMILES string of the molecule is C[C@H](N)C(=O)N1CCC[C@H]1C(=O)c1c(C(F)(F)F)c(=O)oc2ccccc12. The van der Waals surface area contributed by atoms with Crippen LogP contribution < -0.4 is 11.4 Å². The Labute approximate surface area is 151 Å². The molecule has 0 aliphatic carbocycles. The molecule has 0 unspecified atom stereocenters. The molecule has 0 saturated carbocycles. The molecule has 1 amide bonds. The molecule has 2 aromatic rings. The Morgan fingerprint density at radius 2 is 1.96 bits per heavy atom. The van der Waals surface area contributed by atoms with Crippen LogP contribution in [0.1, 0.15) is 35.7 Å². The maximum Gasteiger partial charge on any atom is 0.424 e. The number of hydrogen-bond donors (Lipinski definition) is 1. The minimum absolute atomic E-state index is 0.116. The second kappa shape index (κ2) is 6.80. The molecule has 9 heteroatoms. The molecule has 0 spiro atoms. The van der Waals surface area contributed by atoms with Crippen molar-refractivity contribution >= 4 is 22.7 Å². The van der Waals surface area contributed by atoms with Gasteiger partial charge in [0.05, 0.1) is 17.6 Å². The van der Waals surface area contributed by atoms with Crippen molar-refractivity contribution in [3.05, 3.63) is 45.8 Å². The van der Waals surface area contributed by atoms with Crippen molar-refractivity contribution in [2.24, 2.45) is 5.73 Å². The average Bonchev–Trinajstić information content (AvgIpc) is 3.07. The van der Waals surface area contributed by atoms with Crippen molar-refractivity contribution in [1.82, 2.24) is 4.90 Å². The van der Waals surface area contributed by atoms with Crippen LogP contribution in [0.4, 0.5) is 13.2 Å². The summed E-state index contributed by atoms with van der Waals surface area (Å²) in [5.74, 6) is -1.45. The van der Waals surface area contributed by atoms with Gasteiger partial charge >= 0.3 is 11.8 Å². The zero-order valence-corrected chi connectivity index (χ0v) is 14.4. The van der Waals surface area contributed by atoms with Crippen LogP contribution in [0.2, 0.25) is 0 Å². The number of rotatable bonds is 3. The number of hydrogen-bond acceptors (Lipinski definition) is 5. The number of carbonyl (C=O) groups excluding carboxylic acids is 2. The van der Waals surface area contributed by atoms with Crippen LogP contribution in [0.15, 0.2) is 33.5 Å². The number of ketones is 1. The molecule has 1 aromatic heterocycles. The number of benzene rings is 1. The van der Waals surface area contributed by atoms with Crippen LogP contribution in [0.5, 0.6) is 0 Å². The molecule has 0 bridgehead atoms. The van der Waals surface area contributed by atoms with Crippen LogP contribution in [-0.2, 0) is 11.0 Å². The number of para-hydroxylation sites is 1. The van der Waals surface area contributed by atoms with E-state index in [0.29, 0.717) is 6.42 Å². The lowest BCUT2D eigenvalue weighted by molar-refractivity contribution is -0.139. The monoisotopic (exact) mass is 382 g/mol. The average molecular weight is 382 g/mol. The van der Waals surface area contributed by atoms with Crippen LogP contribution in [0, 0.1) is 0 Å². The Hall–Kier alpha value is -2.68. The summed E-state index contributed by atoms with van der Waals surface area (Å²) in [5.41, 5.74) is 1.42. The maximum atomic E-state index is 13.6. The van der Waals surface area contributed by atoms with Gasteiger partial charge in [0.15, 0.2) is 11.3 Å². The van der Waals surface area contributed by atoms with Gasteiger partial charge < -0.3 is 15.1 Å². The van der Waals surface area contributed by atoms with E-state index in [1.807, 2.05) is 0 Å². The Balaban J connectivity index is 2.22. The number of fused-ring (bicyclic) bond motifs is 1. The van der Waals surface area contributed by atoms with Gasteiger partial charge in [-0.05, 0) is 25.8 Å². The Morgan fingerprint density at radius 1 is 1.30 bits per heavy atom. The third-order valence-electron chi connectivity index (χ3n) is 4.57. The van der Waals surface area contributed by atoms with Gasteiger partial charge in [0.25, 0.3) is 0 Å². The highest BCUT2D eigenvalue weighted by molar-refractivity contribution is 6.11. The molecule has 1 aliphatic rings. The normalized spacial score (nSPS) is 18.7. The van der Waals surface area contributed by atoms with Gasteiger partial charge in [0.2, 0.25) is 5.91 Å². The first-order chi connectivity index (χ1) is 12.6. The highest BCUT2D eigenvalue weighted by atomic mass is 19.4. The Morgan fingerprint density at radius 3 is 2.59 bits per heavy atom. The summed E-state index contributed by atoms with van der Waals surface area (Å²) >= 11 is 0. The molecule has 0 radical (unpaired) electrons. The highest BCUT2D eigenvalue weighted by Crippen LogP contribution is 2.35. The number of carbonyl (C=O) groups is 2. The molecule has 2 heterocycles. The van der Waals surface area contributed by atoms with E-state index >= 15 is 0 Å². The summed E-state index contributed by atoms with van der Waals surface area (Å²) in [6.07, 6.45) is -4.43. The van der Waals surface area contributed by atoms with Gasteiger partial charge in [-0.3, -0.25) is 9.59 Å². The van der Waals surface area contributed by atoms with Crippen LogP contribution >= 0.6 is 0 Å². The molecular weight excluding hydrogens is 365 g/mol. The lowest BCUT2D eigenvalue weighted by Crippen LogP contribution is -2.47. The summed E-state index contributed by atoms with van der Waals surface area (Å²) < 4.78 is 45.4. The van der Waals surface area contributed by atoms with Crippen LogP contribution in [-0.4, -0.2) is 35.2 Å². The first-order valence-corrected chi connectivity index (χ1v) is 8.36. The fraction of sp³-hybridized carbons (Fsp3) is 0.389. The minimum Gasteiger partial charge on any atom is -0.422 e. The van der Waals surface area contributed by atoms with Gasteiger partial charge in [-0.25, -0.2) is 4.79 Å². The lowest BCUT2D eigenvalue weighted by atomic mass is 9.94. The zero-order chi connectivity index (χ0) is 19.9. The summed E-state index contributed by atoms with van der Waals surface area (Å²) in [4.78, 5) is 38.5. The van der Waals surface area contributed by atoms with Crippen molar-refractivity contribution in [3.8, 4) is 0 Å². The number of amides is 1. The second-order valence-corrected chi connectivity index (χ2v) is 6.48. The zero-order valence-electron chi connectivity index (χ0n) is 14.4. The van der Waals surface area contributed by atoms with Crippen molar-refractivity contribution in [2.45, 2.75) is 38.0 Å². The highest BCUT2D eigenvalue weighted by Gasteiger charge is 2.44. The van der Waals surface area contributed by atoms with Gasteiger partial charge in [-0.15, -0.1) is 0 Å². The fourth-order valence-electron chi connectivity index (χ4n) is 3.39. The van der Waals surface area contributed by atoms with Crippen LogP contribution in [0.25, 0.3) is 11.0 Å². The van der Waals surface area contributed by atoms with Crippen molar-refractivity contribution in [2.75, 3.05) is 6.54 Å². The largest absolute Gasteiger partial charge is 0.424 e. The molecule has 3 rings (SSSR count). The van der Waals surface area contributed by atoms with E-state index in [0.717, 1.165) is 0 Å². The first-order valence-electron chi connectivity index (χ1n) is 8.36. The van der Waals surface area contributed by atoms with Crippen molar-refractivity contribution < 1.29 is 27.2 Å². The van der Waals surface area contributed by atoms with Crippen LogP contribution in [0.3, 0.4) is 0 Å². The molecule has 2 N–H and O–H groups in total. The van der Waals surface area contributed by atoms with E-state index < -0.39 is 46.7 Å². The molecule has 6 nitrogen and oxygen atoms in total. The van der Waals surface area contributed by atoms with E-state index in [-0.39, 0.29) is 23.9 Å². The molecule has 1 aliphatic heterocycles. The standard InChI is InChI=1S/C18H17F3N2O4/c1-9(22)16(25)23-8-4-6-11(23)15(24)13-10-5-2-3-7-12(10)27-17(26)14(13)18(19,20)21/h2-3,5,7,9,11H,4,6,8,22H2,1H3/t9-,11-/m0/s1. The summed E-state index contributed by atoms with van der Waals surface area (Å²) in [5, 5.41) is -0.116. The second-order valence-electron chi connectivity index (χ2n) is 6.48.